The minimum Gasteiger partial charge on any atom is -0.315 e. The van der Waals surface area contributed by atoms with E-state index in [1.807, 2.05) is 37.3 Å². The normalized spacial score (nSPS) is 10.3. The molecule has 15 heavy (non-hydrogen) atoms. The fourth-order valence-corrected chi connectivity index (χ4v) is 1.31. The Morgan fingerprint density at radius 2 is 2.07 bits per heavy atom. The Hall–Kier alpha value is -1.04. The van der Waals surface area contributed by atoms with Crippen molar-refractivity contribution < 1.29 is 4.79 Å². The molecule has 0 bridgehead atoms. The number of urea groups is 1. The quantitative estimate of drug-likeness (QED) is 0.825. The van der Waals surface area contributed by atoms with Crippen molar-refractivity contribution >= 4 is 34.3 Å². The van der Waals surface area contributed by atoms with Crippen molar-refractivity contribution in [3.8, 4) is 0 Å². The molecule has 0 fully saturated rings. The molecule has 0 aromatic heterocycles. The molecule has 0 spiro atoms. The van der Waals surface area contributed by atoms with Gasteiger partial charge < -0.3 is 10.6 Å². The minimum absolute atomic E-state index is 0.221. The highest BCUT2D eigenvalue weighted by Gasteiger charge is 1.97. The fraction of sp³-hybridized carbons (Fsp3) is 0.182. The van der Waals surface area contributed by atoms with Gasteiger partial charge in [-0.25, -0.2) is 4.79 Å². The van der Waals surface area contributed by atoms with Crippen LogP contribution >= 0.6 is 22.6 Å². The summed E-state index contributed by atoms with van der Waals surface area (Å²) in [7, 11) is 0. The number of allylic oxidation sites excluding steroid dienone is 1. The molecule has 2 N–H and O–H groups in total. The number of hydrogen-bond donors (Lipinski definition) is 2. The third kappa shape index (κ3) is 4.83. The van der Waals surface area contributed by atoms with E-state index in [-0.39, 0.29) is 6.03 Å². The molecule has 0 heterocycles. The number of amides is 2. The van der Waals surface area contributed by atoms with Gasteiger partial charge in [0.15, 0.2) is 0 Å². The Bertz CT molecular complexity index is 346. The van der Waals surface area contributed by atoms with Crippen LogP contribution in [0.25, 0.3) is 0 Å². The van der Waals surface area contributed by atoms with E-state index in [2.05, 4.69) is 33.2 Å². The zero-order chi connectivity index (χ0) is 11.1. The second kappa shape index (κ2) is 6.44. The molecule has 0 atom stereocenters. The van der Waals surface area contributed by atoms with Gasteiger partial charge in [-0.2, -0.15) is 0 Å². The third-order valence-corrected chi connectivity index (χ3v) is 2.39. The summed E-state index contributed by atoms with van der Waals surface area (Å²) in [5.41, 5.74) is 0.790. The van der Waals surface area contributed by atoms with Gasteiger partial charge >= 0.3 is 6.03 Å². The summed E-state index contributed by atoms with van der Waals surface area (Å²) in [6.07, 6.45) is 4.43. The number of hydrogen-bond acceptors (Lipinski definition) is 1. The molecule has 1 aromatic carbocycles. The molecule has 1 aromatic rings. The molecule has 3 nitrogen and oxygen atoms in total. The molecule has 0 radical (unpaired) electrons. The van der Waals surface area contributed by atoms with Gasteiger partial charge in [-0.1, -0.05) is 13.0 Å². The Balaban J connectivity index is 2.44. The topological polar surface area (TPSA) is 41.1 Å². The number of carbonyl (C=O) groups is 1. The van der Waals surface area contributed by atoms with Crippen LogP contribution in [0.2, 0.25) is 0 Å². The lowest BCUT2D eigenvalue weighted by molar-refractivity contribution is 0.255. The second-order valence-electron chi connectivity index (χ2n) is 2.92. The molecule has 0 aliphatic carbocycles. The standard InChI is InChI=1S/C11H13IN2O/c1-2-3-8-13-11(15)14-10-6-4-9(12)5-7-10/h3-8H,2H2,1H3,(H2,13,14,15)/b8-3+. The van der Waals surface area contributed by atoms with Crippen LogP contribution in [0, 0.1) is 3.57 Å². The molecule has 80 valence electrons. The summed E-state index contributed by atoms with van der Waals surface area (Å²) >= 11 is 2.22. The van der Waals surface area contributed by atoms with Gasteiger partial charge in [0.2, 0.25) is 0 Å². The van der Waals surface area contributed by atoms with E-state index >= 15 is 0 Å². The van der Waals surface area contributed by atoms with E-state index in [0.29, 0.717) is 0 Å². The van der Waals surface area contributed by atoms with Crippen molar-refractivity contribution in [1.29, 1.82) is 0 Å². The average molecular weight is 316 g/mol. The lowest BCUT2D eigenvalue weighted by Crippen LogP contribution is -2.23. The van der Waals surface area contributed by atoms with E-state index in [0.717, 1.165) is 15.7 Å². The van der Waals surface area contributed by atoms with Crippen LogP contribution in [0.4, 0.5) is 10.5 Å². The average Bonchev–Trinajstić information content (AvgIpc) is 2.22. The Morgan fingerprint density at radius 1 is 1.40 bits per heavy atom. The van der Waals surface area contributed by atoms with Gasteiger partial charge in [0, 0.05) is 15.5 Å². The molecule has 0 aliphatic heterocycles. The van der Waals surface area contributed by atoms with Gasteiger partial charge in [0.05, 0.1) is 0 Å². The molecule has 0 saturated heterocycles. The highest BCUT2D eigenvalue weighted by molar-refractivity contribution is 14.1. The SMILES string of the molecule is CC/C=C/NC(=O)Nc1ccc(I)cc1. The Morgan fingerprint density at radius 3 is 2.67 bits per heavy atom. The van der Waals surface area contributed by atoms with Crippen LogP contribution in [0.3, 0.4) is 0 Å². The Labute approximate surface area is 103 Å². The van der Waals surface area contributed by atoms with Crippen LogP contribution in [-0.4, -0.2) is 6.03 Å². The number of carbonyl (C=O) groups excluding carboxylic acids is 1. The van der Waals surface area contributed by atoms with Crippen molar-refractivity contribution in [3.05, 3.63) is 40.1 Å². The molecule has 0 unspecified atom stereocenters. The number of benzene rings is 1. The molecule has 2 amide bonds. The summed E-state index contributed by atoms with van der Waals surface area (Å²) < 4.78 is 1.14. The predicted octanol–water partition coefficient (Wildman–Crippen LogP) is 3.34. The maximum absolute atomic E-state index is 11.3. The first-order chi connectivity index (χ1) is 7.22. The first-order valence-electron chi connectivity index (χ1n) is 4.70. The fourth-order valence-electron chi connectivity index (χ4n) is 0.953. The number of halogens is 1. The van der Waals surface area contributed by atoms with Crippen molar-refractivity contribution in [1.82, 2.24) is 5.32 Å². The van der Waals surface area contributed by atoms with Crippen LogP contribution in [0.15, 0.2) is 36.5 Å². The van der Waals surface area contributed by atoms with Crippen molar-refractivity contribution in [2.75, 3.05) is 5.32 Å². The first-order valence-corrected chi connectivity index (χ1v) is 5.78. The first kappa shape index (κ1) is 12.0. The molecular formula is C11H13IN2O. The van der Waals surface area contributed by atoms with Crippen LogP contribution in [0.1, 0.15) is 13.3 Å². The van der Waals surface area contributed by atoms with Crippen LogP contribution in [0.5, 0.6) is 0 Å². The summed E-state index contributed by atoms with van der Waals surface area (Å²) in [5, 5.41) is 5.34. The second-order valence-corrected chi connectivity index (χ2v) is 4.16. The zero-order valence-electron chi connectivity index (χ0n) is 8.46. The zero-order valence-corrected chi connectivity index (χ0v) is 10.6. The highest BCUT2D eigenvalue weighted by Crippen LogP contribution is 2.10. The maximum atomic E-state index is 11.3. The molecule has 0 aliphatic rings. The lowest BCUT2D eigenvalue weighted by Gasteiger charge is -2.04. The van der Waals surface area contributed by atoms with E-state index in [4.69, 9.17) is 0 Å². The predicted molar refractivity (Wildman–Crippen MR) is 70.7 cm³/mol. The monoisotopic (exact) mass is 316 g/mol. The highest BCUT2D eigenvalue weighted by atomic mass is 127. The molecular weight excluding hydrogens is 303 g/mol. The van der Waals surface area contributed by atoms with Gasteiger partial charge in [-0.15, -0.1) is 0 Å². The summed E-state index contributed by atoms with van der Waals surface area (Å²) in [5.74, 6) is 0. The van der Waals surface area contributed by atoms with Gasteiger partial charge in [0.1, 0.15) is 0 Å². The number of anilines is 1. The van der Waals surface area contributed by atoms with Crippen molar-refractivity contribution in [2.45, 2.75) is 13.3 Å². The number of nitrogens with one attached hydrogen (secondary N) is 2. The van der Waals surface area contributed by atoms with Crippen LogP contribution in [-0.2, 0) is 0 Å². The van der Waals surface area contributed by atoms with Gasteiger partial charge in [-0.3, -0.25) is 0 Å². The summed E-state index contributed by atoms with van der Waals surface area (Å²) in [6, 6.07) is 7.40. The summed E-state index contributed by atoms with van der Waals surface area (Å²) in [4.78, 5) is 11.3. The van der Waals surface area contributed by atoms with E-state index in [1.54, 1.807) is 6.20 Å². The smallest absolute Gasteiger partial charge is 0.315 e. The van der Waals surface area contributed by atoms with Crippen molar-refractivity contribution in [2.24, 2.45) is 0 Å². The van der Waals surface area contributed by atoms with E-state index in [9.17, 15) is 4.79 Å². The molecule has 1 rings (SSSR count). The van der Waals surface area contributed by atoms with Crippen molar-refractivity contribution in [3.63, 3.8) is 0 Å². The maximum Gasteiger partial charge on any atom is 0.323 e. The molecule has 4 heteroatoms. The van der Waals surface area contributed by atoms with Crippen LogP contribution < -0.4 is 10.6 Å². The Kier molecular flexibility index (Phi) is 5.17. The molecule has 0 saturated carbocycles. The van der Waals surface area contributed by atoms with E-state index in [1.165, 1.54) is 0 Å². The summed E-state index contributed by atoms with van der Waals surface area (Å²) in [6.45, 7) is 2.01. The number of rotatable bonds is 3. The van der Waals surface area contributed by atoms with E-state index < -0.39 is 0 Å². The van der Waals surface area contributed by atoms with Gasteiger partial charge in [-0.05, 0) is 53.3 Å². The third-order valence-electron chi connectivity index (χ3n) is 1.67. The van der Waals surface area contributed by atoms with Gasteiger partial charge in [0.25, 0.3) is 0 Å². The lowest BCUT2D eigenvalue weighted by atomic mass is 10.3. The minimum atomic E-state index is -0.221. The largest absolute Gasteiger partial charge is 0.323 e.